The number of carboxylic acids is 1. The maximum atomic E-state index is 11.1. The molecule has 3 rings (SSSR count). The van der Waals surface area contributed by atoms with Crippen LogP contribution in [0.3, 0.4) is 0 Å². The number of carboxylic acid groups (broad SMARTS) is 1. The molecule has 3 heteroatoms. The largest absolute Gasteiger partial charge is 0.481 e. The number of aliphatic carboxylic acids is 1. The molecule has 3 aromatic rings. The third-order valence-corrected chi connectivity index (χ3v) is 9.74. The second-order valence-corrected chi connectivity index (χ2v) is 10.6. The SMILES string of the molecule is CC(CCC(=O)O)C[P+](c1ccccc1)(c1ccccc1)c1ccccc1. The predicted octanol–water partition coefficient (Wildman–Crippen LogP) is 4.48. The van der Waals surface area contributed by atoms with E-state index >= 15 is 0 Å². The molecule has 0 saturated heterocycles. The summed E-state index contributed by atoms with van der Waals surface area (Å²) >= 11 is 0. The van der Waals surface area contributed by atoms with Crippen molar-refractivity contribution in [3.05, 3.63) is 91.0 Å². The first-order valence-electron chi connectivity index (χ1n) is 9.39. The minimum atomic E-state index is -1.86. The lowest BCUT2D eigenvalue weighted by molar-refractivity contribution is -0.137. The van der Waals surface area contributed by atoms with Crippen molar-refractivity contribution in [2.75, 3.05) is 6.16 Å². The van der Waals surface area contributed by atoms with Gasteiger partial charge in [-0.2, -0.15) is 0 Å². The molecule has 0 bridgehead atoms. The molecule has 0 aliphatic carbocycles. The quantitative estimate of drug-likeness (QED) is 0.588. The van der Waals surface area contributed by atoms with Crippen molar-refractivity contribution >= 4 is 29.1 Å². The first-order valence-corrected chi connectivity index (χ1v) is 11.4. The number of hydrogen-bond donors (Lipinski definition) is 1. The number of benzene rings is 3. The van der Waals surface area contributed by atoms with E-state index in [1.54, 1.807) is 0 Å². The van der Waals surface area contributed by atoms with Gasteiger partial charge >= 0.3 is 5.97 Å². The van der Waals surface area contributed by atoms with Gasteiger partial charge in [-0.05, 0) is 48.7 Å². The lowest BCUT2D eigenvalue weighted by Gasteiger charge is -2.30. The minimum absolute atomic E-state index is 0.222. The van der Waals surface area contributed by atoms with Crippen molar-refractivity contribution in [2.45, 2.75) is 19.8 Å². The molecule has 0 amide bonds. The molecule has 0 radical (unpaired) electrons. The first-order chi connectivity index (χ1) is 13.1. The summed E-state index contributed by atoms with van der Waals surface area (Å²) in [6, 6.07) is 32.2. The summed E-state index contributed by atoms with van der Waals surface area (Å²) in [5, 5.41) is 13.2. The average molecular weight is 377 g/mol. The Balaban J connectivity index is 2.15. The Morgan fingerprint density at radius 2 is 1.15 bits per heavy atom. The normalized spacial score (nSPS) is 12.5. The summed E-state index contributed by atoms with van der Waals surface area (Å²) in [7, 11) is -1.86. The second-order valence-electron chi connectivity index (χ2n) is 7.04. The summed E-state index contributed by atoms with van der Waals surface area (Å²) in [6.45, 7) is 2.19. The van der Waals surface area contributed by atoms with Gasteiger partial charge < -0.3 is 5.11 Å². The summed E-state index contributed by atoms with van der Waals surface area (Å²) in [4.78, 5) is 11.1. The summed E-state index contributed by atoms with van der Waals surface area (Å²) in [5.74, 6) is -0.403. The Morgan fingerprint density at radius 1 is 0.778 bits per heavy atom. The molecule has 0 aromatic heterocycles. The van der Waals surface area contributed by atoms with Crippen LogP contribution in [0, 0.1) is 5.92 Å². The summed E-state index contributed by atoms with van der Waals surface area (Å²) < 4.78 is 0. The van der Waals surface area contributed by atoms with Crippen molar-refractivity contribution in [3.8, 4) is 0 Å². The van der Waals surface area contributed by atoms with E-state index in [2.05, 4.69) is 97.9 Å². The number of carbonyl (C=O) groups is 1. The fourth-order valence-electron chi connectivity index (χ4n) is 3.74. The van der Waals surface area contributed by atoms with Gasteiger partial charge in [0.05, 0.1) is 6.16 Å². The lowest BCUT2D eigenvalue weighted by atomic mass is 10.1. The molecule has 0 aliphatic heterocycles. The highest BCUT2D eigenvalue weighted by Gasteiger charge is 2.46. The maximum absolute atomic E-state index is 11.1. The van der Waals surface area contributed by atoms with Crippen LogP contribution in [0.1, 0.15) is 19.8 Å². The van der Waals surface area contributed by atoms with E-state index in [-0.39, 0.29) is 6.42 Å². The highest BCUT2D eigenvalue weighted by molar-refractivity contribution is 7.95. The topological polar surface area (TPSA) is 37.3 Å². The van der Waals surface area contributed by atoms with Crippen LogP contribution >= 0.6 is 7.26 Å². The fourth-order valence-corrected chi connectivity index (χ4v) is 8.43. The molecule has 138 valence electrons. The molecular formula is C24H26O2P+. The lowest BCUT2D eigenvalue weighted by Crippen LogP contribution is -2.35. The third-order valence-electron chi connectivity index (χ3n) is 5.03. The van der Waals surface area contributed by atoms with Gasteiger partial charge in [-0.1, -0.05) is 61.5 Å². The van der Waals surface area contributed by atoms with E-state index in [1.165, 1.54) is 15.9 Å². The Morgan fingerprint density at radius 3 is 1.48 bits per heavy atom. The van der Waals surface area contributed by atoms with Crippen molar-refractivity contribution in [2.24, 2.45) is 5.92 Å². The van der Waals surface area contributed by atoms with Crippen LogP contribution in [-0.2, 0) is 4.79 Å². The Labute approximate surface area is 162 Å². The molecule has 0 spiro atoms. The van der Waals surface area contributed by atoms with Gasteiger partial charge in [0, 0.05) is 6.42 Å². The zero-order chi connectivity index (χ0) is 19.1. The van der Waals surface area contributed by atoms with Gasteiger partial charge in [-0.3, -0.25) is 4.79 Å². The molecule has 0 saturated carbocycles. The smallest absolute Gasteiger partial charge is 0.303 e. The van der Waals surface area contributed by atoms with Gasteiger partial charge in [-0.15, -0.1) is 0 Å². The van der Waals surface area contributed by atoms with E-state index in [0.717, 1.165) is 6.16 Å². The van der Waals surface area contributed by atoms with Crippen LogP contribution < -0.4 is 15.9 Å². The van der Waals surface area contributed by atoms with Gasteiger partial charge in [0.2, 0.25) is 0 Å². The second kappa shape index (κ2) is 8.97. The maximum Gasteiger partial charge on any atom is 0.303 e. The molecule has 1 N–H and O–H groups in total. The van der Waals surface area contributed by atoms with Gasteiger partial charge in [0.25, 0.3) is 0 Å². The minimum Gasteiger partial charge on any atom is -0.481 e. The van der Waals surface area contributed by atoms with Crippen LogP contribution in [0.2, 0.25) is 0 Å². The van der Waals surface area contributed by atoms with Crippen LogP contribution in [0.25, 0.3) is 0 Å². The van der Waals surface area contributed by atoms with Crippen molar-refractivity contribution in [1.82, 2.24) is 0 Å². The van der Waals surface area contributed by atoms with Gasteiger partial charge in [-0.25, -0.2) is 0 Å². The van der Waals surface area contributed by atoms with E-state index in [0.29, 0.717) is 12.3 Å². The van der Waals surface area contributed by atoms with Crippen molar-refractivity contribution < 1.29 is 9.90 Å². The van der Waals surface area contributed by atoms with E-state index < -0.39 is 13.2 Å². The van der Waals surface area contributed by atoms with Crippen LogP contribution in [0.4, 0.5) is 0 Å². The van der Waals surface area contributed by atoms with Crippen molar-refractivity contribution in [3.63, 3.8) is 0 Å². The molecule has 1 unspecified atom stereocenters. The van der Waals surface area contributed by atoms with Crippen LogP contribution in [-0.4, -0.2) is 17.2 Å². The first kappa shape index (κ1) is 19.3. The van der Waals surface area contributed by atoms with Gasteiger partial charge in [0.15, 0.2) is 0 Å². The molecule has 0 fully saturated rings. The van der Waals surface area contributed by atoms with E-state index in [1.807, 2.05) is 0 Å². The highest BCUT2D eigenvalue weighted by Crippen LogP contribution is 2.56. The van der Waals surface area contributed by atoms with Crippen molar-refractivity contribution in [1.29, 1.82) is 0 Å². The zero-order valence-electron chi connectivity index (χ0n) is 15.7. The fraction of sp³-hybridized carbons (Fsp3) is 0.208. The van der Waals surface area contributed by atoms with E-state index in [4.69, 9.17) is 5.11 Å². The predicted molar refractivity (Wildman–Crippen MR) is 116 cm³/mol. The van der Waals surface area contributed by atoms with Gasteiger partial charge in [0.1, 0.15) is 23.2 Å². The molecule has 27 heavy (non-hydrogen) atoms. The van der Waals surface area contributed by atoms with E-state index in [9.17, 15) is 4.79 Å². The average Bonchev–Trinajstić information content (AvgIpc) is 2.72. The molecule has 0 heterocycles. The highest BCUT2D eigenvalue weighted by atomic mass is 31.2. The Kier molecular flexibility index (Phi) is 6.42. The summed E-state index contributed by atoms with van der Waals surface area (Å²) in [5.41, 5.74) is 0. The Bertz CT molecular complexity index is 751. The van der Waals surface area contributed by atoms with Crippen LogP contribution in [0.5, 0.6) is 0 Å². The molecule has 3 aromatic carbocycles. The third kappa shape index (κ3) is 4.46. The number of rotatable bonds is 8. The zero-order valence-corrected chi connectivity index (χ0v) is 16.6. The summed E-state index contributed by atoms with van der Waals surface area (Å²) in [6.07, 6.45) is 1.89. The molecule has 2 nitrogen and oxygen atoms in total. The molecule has 1 atom stereocenters. The molecular weight excluding hydrogens is 351 g/mol. The van der Waals surface area contributed by atoms with Crippen LogP contribution in [0.15, 0.2) is 91.0 Å². The monoisotopic (exact) mass is 377 g/mol. The molecule has 0 aliphatic rings. The number of hydrogen-bond acceptors (Lipinski definition) is 1. The Hall–Kier alpha value is -2.44. The standard InChI is InChI=1S/C24H25O2P/c1-20(17-18-24(25)26)19-27(21-11-5-2-6-12-21,22-13-7-3-8-14-22)23-15-9-4-10-16-23/h2-16,20H,17-19H2,1H3/p+1.